The highest BCUT2D eigenvalue weighted by atomic mass is 35.5. The first kappa shape index (κ1) is 17.9. The van der Waals surface area contributed by atoms with Gasteiger partial charge in [0.2, 0.25) is 5.91 Å². The predicted octanol–water partition coefficient (Wildman–Crippen LogP) is 2.18. The summed E-state index contributed by atoms with van der Waals surface area (Å²) in [5, 5.41) is 12.8. The Kier molecular flexibility index (Phi) is 5.68. The third kappa shape index (κ3) is 4.18. The number of nitrogens with zero attached hydrogens (tertiary/aromatic N) is 2. The van der Waals surface area contributed by atoms with Crippen LogP contribution in [0, 0.1) is 0 Å². The Labute approximate surface area is 152 Å². The summed E-state index contributed by atoms with van der Waals surface area (Å²) in [4.78, 5) is 19.1. The fraction of sp³-hybridized carbons (Fsp3) is 0.368. The van der Waals surface area contributed by atoms with E-state index < -0.39 is 6.10 Å². The van der Waals surface area contributed by atoms with Crippen molar-refractivity contribution in [3.63, 3.8) is 0 Å². The van der Waals surface area contributed by atoms with Crippen molar-refractivity contribution in [2.24, 2.45) is 0 Å². The quantitative estimate of drug-likeness (QED) is 0.803. The van der Waals surface area contributed by atoms with Crippen LogP contribution in [0.25, 0.3) is 0 Å². The molecule has 0 fully saturated rings. The fourth-order valence-electron chi connectivity index (χ4n) is 3.22. The van der Waals surface area contributed by atoms with E-state index in [0.717, 1.165) is 17.7 Å². The number of aliphatic hydroxyl groups is 1. The molecule has 0 radical (unpaired) electrons. The lowest BCUT2D eigenvalue weighted by Gasteiger charge is -2.37. The van der Waals surface area contributed by atoms with Crippen molar-refractivity contribution in [2.45, 2.75) is 25.5 Å². The minimum absolute atomic E-state index is 0.0121. The number of aliphatic hydroxyl groups excluding tert-OH is 1. The summed E-state index contributed by atoms with van der Waals surface area (Å²) in [6.45, 7) is 2.89. The van der Waals surface area contributed by atoms with Crippen molar-refractivity contribution in [3.8, 4) is 0 Å². The molecule has 0 saturated carbocycles. The number of hydrogen-bond donors (Lipinski definition) is 2. The zero-order valence-electron chi connectivity index (χ0n) is 14.2. The zero-order valence-corrected chi connectivity index (χ0v) is 14.9. The SMILES string of the molecule is C[C@@H](O)CNCC(=O)N1CCc2ccccc2C1c1cccc(Cl)n1. The van der Waals surface area contributed by atoms with Crippen LogP contribution in [0.4, 0.5) is 0 Å². The molecule has 3 rings (SSSR count). The van der Waals surface area contributed by atoms with Gasteiger partial charge in [-0.3, -0.25) is 4.79 Å². The molecule has 1 aliphatic rings. The van der Waals surface area contributed by atoms with Crippen LogP contribution in [0.15, 0.2) is 42.5 Å². The molecule has 2 aromatic rings. The zero-order chi connectivity index (χ0) is 17.8. The van der Waals surface area contributed by atoms with Crippen LogP contribution in [0.2, 0.25) is 5.15 Å². The smallest absolute Gasteiger partial charge is 0.237 e. The van der Waals surface area contributed by atoms with Gasteiger partial charge in [-0.2, -0.15) is 0 Å². The van der Waals surface area contributed by atoms with E-state index in [2.05, 4.69) is 16.4 Å². The highest BCUT2D eigenvalue weighted by Crippen LogP contribution is 2.34. The Hall–Kier alpha value is -1.95. The Morgan fingerprint density at radius 3 is 2.92 bits per heavy atom. The average molecular weight is 360 g/mol. The number of aromatic nitrogens is 1. The Balaban J connectivity index is 1.90. The van der Waals surface area contributed by atoms with Crippen molar-refractivity contribution in [1.82, 2.24) is 15.2 Å². The molecule has 25 heavy (non-hydrogen) atoms. The van der Waals surface area contributed by atoms with Crippen LogP contribution in [0.5, 0.6) is 0 Å². The minimum atomic E-state index is -0.486. The van der Waals surface area contributed by atoms with Crippen LogP contribution < -0.4 is 5.32 Å². The number of rotatable bonds is 5. The van der Waals surface area contributed by atoms with E-state index in [9.17, 15) is 9.90 Å². The van der Waals surface area contributed by atoms with Gasteiger partial charge in [-0.15, -0.1) is 0 Å². The Morgan fingerprint density at radius 2 is 2.16 bits per heavy atom. The van der Waals surface area contributed by atoms with E-state index in [1.165, 1.54) is 5.56 Å². The van der Waals surface area contributed by atoms with Crippen molar-refractivity contribution >= 4 is 17.5 Å². The average Bonchev–Trinajstić information content (AvgIpc) is 2.60. The van der Waals surface area contributed by atoms with E-state index >= 15 is 0 Å². The molecule has 0 spiro atoms. The highest BCUT2D eigenvalue weighted by molar-refractivity contribution is 6.29. The van der Waals surface area contributed by atoms with E-state index in [4.69, 9.17) is 11.6 Å². The summed E-state index contributed by atoms with van der Waals surface area (Å²) in [5.41, 5.74) is 3.09. The lowest BCUT2D eigenvalue weighted by molar-refractivity contribution is -0.132. The van der Waals surface area contributed by atoms with Gasteiger partial charge >= 0.3 is 0 Å². The predicted molar refractivity (Wildman–Crippen MR) is 97.5 cm³/mol. The topological polar surface area (TPSA) is 65.5 Å². The molecule has 5 nitrogen and oxygen atoms in total. The number of carbonyl (C=O) groups excluding carboxylic acids is 1. The maximum Gasteiger partial charge on any atom is 0.237 e. The molecule has 2 atom stereocenters. The number of amides is 1. The second-order valence-electron chi connectivity index (χ2n) is 6.30. The van der Waals surface area contributed by atoms with Crippen molar-refractivity contribution in [1.29, 1.82) is 0 Å². The summed E-state index contributed by atoms with van der Waals surface area (Å²) in [5.74, 6) is -0.0121. The molecule has 0 aliphatic carbocycles. The molecule has 132 valence electrons. The number of benzene rings is 1. The minimum Gasteiger partial charge on any atom is -0.392 e. The van der Waals surface area contributed by atoms with E-state index in [0.29, 0.717) is 18.2 Å². The van der Waals surface area contributed by atoms with Gasteiger partial charge in [0.25, 0.3) is 0 Å². The number of pyridine rings is 1. The molecule has 1 aromatic carbocycles. The molecular weight excluding hydrogens is 338 g/mol. The molecule has 2 heterocycles. The van der Waals surface area contributed by atoms with Gasteiger partial charge in [-0.25, -0.2) is 4.98 Å². The fourth-order valence-corrected chi connectivity index (χ4v) is 3.39. The maximum absolute atomic E-state index is 12.8. The van der Waals surface area contributed by atoms with Gasteiger partial charge in [-0.1, -0.05) is 41.9 Å². The van der Waals surface area contributed by atoms with Crippen molar-refractivity contribution in [2.75, 3.05) is 19.6 Å². The Morgan fingerprint density at radius 1 is 1.36 bits per heavy atom. The standard InChI is InChI=1S/C19H22ClN3O2/c1-13(24)11-21-12-18(25)23-10-9-14-5-2-3-6-15(14)19(23)16-7-4-8-17(20)22-16/h2-8,13,19,21,24H,9-12H2,1H3/t13-,19?/m1/s1. The largest absolute Gasteiger partial charge is 0.392 e. The normalized spacial score (nSPS) is 17.9. The maximum atomic E-state index is 12.8. The first-order valence-electron chi connectivity index (χ1n) is 8.45. The summed E-state index contributed by atoms with van der Waals surface area (Å²) < 4.78 is 0. The van der Waals surface area contributed by atoms with E-state index in [1.54, 1.807) is 13.0 Å². The number of fused-ring (bicyclic) bond motifs is 1. The van der Waals surface area contributed by atoms with Gasteiger partial charge in [0.05, 0.1) is 24.4 Å². The number of halogens is 1. The van der Waals surface area contributed by atoms with Crippen LogP contribution in [-0.2, 0) is 11.2 Å². The van der Waals surface area contributed by atoms with E-state index in [1.807, 2.05) is 35.2 Å². The van der Waals surface area contributed by atoms with Crippen molar-refractivity contribution < 1.29 is 9.90 Å². The number of hydrogen-bond acceptors (Lipinski definition) is 4. The molecule has 1 unspecified atom stereocenters. The van der Waals surface area contributed by atoms with Crippen LogP contribution >= 0.6 is 11.6 Å². The third-order valence-electron chi connectivity index (χ3n) is 4.34. The lowest BCUT2D eigenvalue weighted by Crippen LogP contribution is -2.45. The second kappa shape index (κ2) is 7.95. The molecule has 1 amide bonds. The monoisotopic (exact) mass is 359 g/mol. The summed E-state index contributed by atoms with van der Waals surface area (Å²) in [7, 11) is 0. The molecule has 0 saturated heterocycles. The molecule has 6 heteroatoms. The highest BCUT2D eigenvalue weighted by Gasteiger charge is 2.32. The molecule has 1 aliphatic heterocycles. The van der Waals surface area contributed by atoms with E-state index in [-0.39, 0.29) is 18.5 Å². The summed E-state index contributed by atoms with van der Waals surface area (Å²) in [6.07, 6.45) is 0.329. The summed E-state index contributed by atoms with van der Waals surface area (Å²) in [6, 6.07) is 13.4. The molecule has 0 bridgehead atoms. The third-order valence-corrected chi connectivity index (χ3v) is 4.55. The van der Waals surface area contributed by atoms with Crippen LogP contribution in [0.3, 0.4) is 0 Å². The van der Waals surface area contributed by atoms with Gasteiger partial charge in [0, 0.05) is 13.1 Å². The van der Waals surface area contributed by atoms with Gasteiger partial charge in [-0.05, 0) is 36.6 Å². The number of nitrogens with one attached hydrogen (secondary N) is 1. The first-order chi connectivity index (χ1) is 12.1. The van der Waals surface area contributed by atoms with Gasteiger partial charge < -0.3 is 15.3 Å². The molecule has 2 N–H and O–H groups in total. The number of carbonyl (C=O) groups is 1. The first-order valence-corrected chi connectivity index (χ1v) is 8.82. The molecular formula is C19H22ClN3O2. The Bertz CT molecular complexity index is 751. The van der Waals surface area contributed by atoms with Crippen molar-refractivity contribution in [3.05, 3.63) is 64.4 Å². The second-order valence-corrected chi connectivity index (χ2v) is 6.69. The molecule has 1 aromatic heterocycles. The van der Waals surface area contributed by atoms with Crippen LogP contribution in [0.1, 0.15) is 29.8 Å². The lowest BCUT2D eigenvalue weighted by atomic mass is 9.90. The van der Waals surface area contributed by atoms with Crippen LogP contribution in [-0.4, -0.2) is 46.6 Å². The van der Waals surface area contributed by atoms with Gasteiger partial charge in [0.1, 0.15) is 5.15 Å². The summed E-state index contributed by atoms with van der Waals surface area (Å²) >= 11 is 6.08. The van der Waals surface area contributed by atoms with Gasteiger partial charge in [0.15, 0.2) is 0 Å².